The van der Waals surface area contributed by atoms with Crippen LogP contribution in [-0.4, -0.2) is 9.78 Å². The third-order valence-electron chi connectivity index (χ3n) is 2.48. The quantitative estimate of drug-likeness (QED) is 0.689. The summed E-state index contributed by atoms with van der Waals surface area (Å²) in [5, 5.41) is 4.19. The third kappa shape index (κ3) is 1.54. The van der Waals surface area contributed by atoms with E-state index in [-0.39, 0.29) is 0 Å². The average molecular weight is 202 g/mol. The molecule has 78 valence electrons. The van der Waals surface area contributed by atoms with Crippen LogP contribution in [-0.2, 0) is 7.05 Å². The summed E-state index contributed by atoms with van der Waals surface area (Å²) in [4.78, 5) is 0. The molecule has 0 saturated heterocycles. The zero-order valence-electron chi connectivity index (χ0n) is 8.86. The van der Waals surface area contributed by atoms with E-state index in [4.69, 9.17) is 11.5 Å². The first-order chi connectivity index (χ1) is 7.09. The minimum atomic E-state index is 0.605. The van der Waals surface area contributed by atoms with Gasteiger partial charge in [0, 0.05) is 12.6 Å². The maximum atomic E-state index is 5.77. The van der Waals surface area contributed by atoms with Gasteiger partial charge in [0.1, 0.15) is 0 Å². The van der Waals surface area contributed by atoms with Crippen LogP contribution in [0.5, 0.6) is 0 Å². The van der Waals surface area contributed by atoms with Gasteiger partial charge in [-0.3, -0.25) is 4.68 Å². The molecule has 1 aromatic heterocycles. The van der Waals surface area contributed by atoms with Crippen LogP contribution < -0.4 is 11.5 Å². The molecular weight excluding hydrogens is 188 g/mol. The third-order valence-corrected chi connectivity index (χ3v) is 2.48. The van der Waals surface area contributed by atoms with Gasteiger partial charge in [0.05, 0.1) is 23.3 Å². The van der Waals surface area contributed by atoms with Crippen molar-refractivity contribution in [3.05, 3.63) is 30.0 Å². The number of aromatic nitrogens is 2. The van der Waals surface area contributed by atoms with Crippen LogP contribution in [0.25, 0.3) is 11.3 Å². The number of hydrogen-bond donors (Lipinski definition) is 2. The summed E-state index contributed by atoms with van der Waals surface area (Å²) in [6.07, 6.45) is 1.84. The first kappa shape index (κ1) is 9.58. The summed E-state index contributed by atoms with van der Waals surface area (Å²) in [7, 11) is 1.91. The monoisotopic (exact) mass is 202 g/mol. The lowest BCUT2D eigenvalue weighted by atomic mass is 10.1. The predicted molar refractivity (Wildman–Crippen MR) is 62.2 cm³/mol. The van der Waals surface area contributed by atoms with Crippen LogP contribution in [0.1, 0.15) is 5.56 Å². The van der Waals surface area contributed by atoms with Crippen LogP contribution in [0.15, 0.2) is 24.4 Å². The number of benzene rings is 1. The van der Waals surface area contributed by atoms with Crippen LogP contribution in [0.3, 0.4) is 0 Å². The highest BCUT2D eigenvalue weighted by Crippen LogP contribution is 2.26. The molecule has 4 nitrogen and oxygen atoms in total. The second kappa shape index (κ2) is 3.31. The van der Waals surface area contributed by atoms with Crippen molar-refractivity contribution in [1.29, 1.82) is 0 Å². The molecule has 4 N–H and O–H groups in total. The van der Waals surface area contributed by atoms with Gasteiger partial charge in [-0.1, -0.05) is 6.07 Å². The lowest BCUT2D eigenvalue weighted by Crippen LogP contribution is -1.98. The van der Waals surface area contributed by atoms with E-state index in [2.05, 4.69) is 5.10 Å². The largest absolute Gasteiger partial charge is 0.397 e. The van der Waals surface area contributed by atoms with E-state index in [9.17, 15) is 0 Å². The maximum Gasteiger partial charge on any atom is 0.0708 e. The smallest absolute Gasteiger partial charge is 0.0708 e. The van der Waals surface area contributed by atoms with Crippen LogP contribution >= 0.6 is 0 Å². The maximum absolute atomic E-state index is 5.77. The van der Waals surface area contributed by atoms with Crippen molar-refractivity contribution in [3.8, 4) is 11.3 Å². The molecule has 15 heavy (non-hydrogen) atoms. The van der Waals surface area contributed by atoms with Gasteiger partial charge in [0.2, 0.25) is 0 Å². The Bertz CT molecular complexity index is 480. The van der Waals surface area contributed by atoms with Gasteiger partial charge in [-0.25, -0.2) is 0 Å². The zero-order chi connectivity index (χ0) is 11.0. The summed E-state index contributed by atoms with van der Waals surface area (Å²) in [5.41, 5.74) is 15.9. The summed E-state index contributed by atoms with van der Waals surface area (Å²) in [5.74, 6) is 0. The fourth-order valence-corrected chi connectivity index (χ4v) is 1.68. The van der Waals surface area contributed by atoms with Crippen LogP contribution in [0.2, 0.25) is 0 Å². The molecule has 0 fully saturated rings. The van der Waals surface area contributed by atoms with E-state index in [0.29, 0.717) is 11.4 Å². The highest BCUT2D eigenvalue weighted by molar-refractivity contribution is 5.74. The molecule has 0 radical (unpaired) electrons. The van der Waals surface area contributed by atoms with Crippen molar-refractivity contribution < 1.29 is 0 Å². The van der Waals surface area contributed by atoms with E-state index < -0.39 is 0 Å². The minimum Gasteiger partial charge on any atom is -0.397 e. The number of anilines is 2. The Morgan fingerprint density at radius 1 is 1.20 bits per heavy atom. The van der Waals surface area contributed by atoms with Crippen molar-refractivity contribution >= 4 is 11.4 Å². The molecule has 0 aliphatic carbocycles. The van der Waals surface area contributed by atoms with Gasteiger partial charge in [0.15, 0.2) is 0 Å². The first-order valence-electron chi connectivity index (χ1n) is 4.73. The highest BCUT2D eigenvalue weighted by atomic mass is 15.3. The number of hydrogen-bond acceptors (Lipinski definition) is 3. The number of nitrogens with zero attached hydrogens (tertiary/aromatic N) is 2. The molecule has 0 spiro atoms. The van der Waals surface area contributed by atoms with Crippen molar-refractivity contribution in [2.75, 3.05) is 11.5 Å². The molecular formula is C11H14N4. The van der Waals surface area contributed by atoms with Crippen LogP contribution in [0, 0.1) is 6.92 Å². The molecule has 1 heterocycles. The van der Waals surface area contributed by atoms with Crippen molar-refractivity contribution in [2.45, 2.75) is 6.92 Å². The molecule has 4 heteroatoms. The van der Waals surface area contributed by atoms with E-state index >= 15 is 0 Å². The fraction of sp³-hybridized carbons (Fsp3) is 0.182. The molecule has 0 amide bonds. The topological polar surface area (TPSA) is 69.9 Å². The lowest BCUT2D eigenvalue weighted by Gasteiger charge is -2.06. The predicted octanol–water partition coefficient (Wildman–Crippen LogP) is 1.56. The Morgan fingerprint density at radius 3 is 2.47 bits per heavy atom. The molecule has 2 rings (SSSR count). The van der Waals surface area contributed by atoms with E-state index in [1.54, 1.807) is 0 Å². The molecule has 1 aromatic carbocycles. The number of nitrogen functional groups attached to an aromatic ring is 2. The standard InChI is InChI=1S/C11H14N4/c1-7-6-14-15(2)11(7)8-3-4-9(12)10(13)5-8/h3-6H,12-13H2,1-2H3. The zero-order valence-corrected chi connectivity index (χ0v) is 8.86. The molecule has 0 aliphatic rings. The summed E-state index contributed by atoms with van der Waals surface area (Å²) < 4.78 is 1.83. The Labute approximate surface area is 88.5 Å². The summed E-state index contributed by atoms with van der Waals surface area (Å²) >= 11 is 0. The van der Waals surface area contributed by atoms with E-state index in [1.807, 2.05) is 43.0 Å². The van der Waals surface area contributed by atoms with Crippen molar-refractivity contribution in [1.82, 2.24) is 9.78 Å². The molecule has 0 bridgehead atoms. The summed E-state index contributed by atoms with van der Waals surface area (Å²) in [6, 6.07) is 5.64. The highest BCUT2D eigenvalue weighted by Gasteiger charge is 2.08. The Balaban J connectivity index is 2.59. The van der Waals surface area contributed by atoms with Gasteiger partial charge >= 0.3 is 0 Å². The summed E-state index contributed by atoms with van der Waals surface area (Å²) in [6.45, 7) is 2.02. The molecule has 0 unspecified atom stereocenters. The minimum absolute atomic E-state index is 0.605. The number of nitrogens with two attached hydrogens (primary N) is 2. The second-order valence-corrected chi connectivity index (χ2v) is 3.64. The van der Waals surface area contributed by atoms with Gasteiger partial charge in [0.25, 0.3) is 0 Å². The van der Waals surface area contributed by atoms with Gasteiger partial charge < -0.3 is 11.5 Å². The van der Waals surface area contributed by atoms with Crippen molar-refractivity contribution in [3.63, 3.8) is 0 Å². The molecule has 0 aliphatic heterocycles. The van der Waals surface area contributed by atoms with E-state index in [0.717, 1.165) is 16.8 Å². The van der Waals surface area contributed by atoms with Gasteiger partial charge in [-0.05, 0) is 24.6 Å². The normalized spacial score (nSPS) is 10.5. The Kier molecular flexibility index (Phi) is 2.11. The Morgan fingerprint density at radius 2 is 1.93 bits per heavy atom. The molecule has 2 aromatic rings. The Hall–Kier alpha value is -1.97. The number of rotatable bonds is 1. The molecule has 0 saturated carbocycles. The molecule has 0 atom stereocenters. The van der Waals surface area contributed by atoms with Gasteiger partial charge in [-0.2, -0.15) is 5.10 Å². The van der Waals surface area contributed by atoms with E-state index in [1.165, 1.54) is 0 Å². The van der Waals surface area contributed by atoms with Crippen molar-refractivity contribution in [2.24, 2.45) is 7.05 Å². The first-order valence-corrected chi connectivity index (χ1v) is 4.73. The number of aryl methyl sites for hydroxylation is 2. The average Bonchev–Trinajstić information content (AvgIpc) is 2.52. The lowest BCUT2D eigenvalue weighted by molar-refractivity contribution is 0.775. The SMILES string of the molecule is Cc1cnn(C)c1-c1ccc(N)c(N)c1. The second-order valence-electron chi connectivity index (χ2n) is 3.64. The van der Waals surface area contributed by atoms with Crippen LogP contribution in [0.4, 0.5) is 11.4 Å². The fourth-order valence-electron chi connectivity index (χ4n) is 1.68. The van der Waals surface area contributed by atoms with Gasteiger partial charge in [-0.15, -0.1) is 0 Å².